The first-order valence-electron chi connectivity index (χ1n) is 6.59. The molecule has 0 N–H and O–H groups in total. The summed E-state index contributed by atoms with van der Waals surface area (Å²) in [6.07, 6.45) is 4.22. The van der Waals surface area contributed by atoms with Crippen LogP contribution in [-0.2, 0) is 0 Å². The van der Waals surface area contributed by atoms with Crippen LogP contribution in [0.4, 0.5) is 0 Å². The molecule has 1 fully saturated rings. The second-order valence-corrected chi connectivity index (χ2v) is 5.67. The monoisotopic (exact) mass is 216 g/mol. The molecule has 1 aromatic rings. The lowest BCUT2D eigenvalue weighted by Crippen LogP contribution is -2.07. The van der Waals surface area contributed by atoms with Crippen LogP contribution in [0.2, 0.25) is 0 Å². The average Bonchev–Trinajstić information content (AvgIpc) is 2.67. The van der Waals surface area contributed by atoms with Crippen molar-refractivity contribution in [2.75, 3.05) is 0 Å². The Morgan fingerprint density at radius 1 is 0.938 bits per heavy atom. The Morgan fingerprint density at radius 3 is 2.19 bits per heavy atom. The summed E-state index contributed by atoms with van der Waals surface area (Å²) in [6, 6.07) is 2.45. The fourth-order valence-corrected chi connectivity index (χ4v) is 3.24. The minimum atomic E-state index is 0.818. The first-order chi connectivity index (χ1) is 7.52. The second kappa shape index (κ2) is 4.24. The van der Waals surface area contributed by atoms with Gasteiger partial charge >= 0.3 is 0 Å². The Morgan fingerprint density at radius 2 is 1.62 bits per heavy atom. The molecular formula is C16H24. The topological polar surface area (TPSA) is 0 Å². The summed E-state index contributed by atoms with van der Waals surface area (Å²) in [7, 11) is 0. The third-order valence-corrected chi connectivity index (χ3v) is 4.78. The molecule has 1 aliphatic rings. The minimum absolute atomic E-state index is 0.818. The SMILES string of the molecule is Cc1cc(C2CCC[C@H]2C)c(C)c(C)c1C. The number of hydrogen-bond acceptors (Lipinski definition) is 0. The fraction of sp³-hybridized carbons (Fsp3) is 0.625. The first kappa shape index (κ1) is 11.7. The van der Waals surface area contributed by atoms with Gasteiger partial charge in [-0.1, -0.05) is 25.8 Å². The van der Waals surface area contributed by atoms with Crippen molar-refractivity contribution in [1.82, 2.24) is 0 Å². The number of benzene rings is 1. The molecule has 0 aliphatic heterocycles. The minimum Gasteiger partial charge on any atom is -0.0619 e. The Labute approximate surface area is 100 Å². The van der Waals surface area contributed by atoms with Crippen LogP contribution in [0.1, 0.15) is 59.9 Å². The molecule has 0 heteroatoms. The molecule has 16 heavy (non-hydrogen) atoms. The maximum Gasteiger partial charge on any atom is -0.0133 e. The van der Waals surface area contributed by atoms with Crippen molar-refractivity contribution in [3.63, 3.8) is 0 Å². The van der Waals surface area contributed by atoms with Crippen molar-refractivity contribution < 1.29 is 0 Å². The van der Waals surface area contributed by atoms with E-state index in [0.29, 0.717) is 0 Å². The zero-order chi connectivity index (χ0) is 11.9. The average molecular weight is 216 g/mol. The molecule has 2 rings (SSSR count). The third-order valence-electron chi connectivity index (χ3n) is 4.78. The summed E-state index contributed by atoms with van der Waals surface area (Å²) in [5.41, 5.74) is 7.63. The van der Waals surface area contributed by atoms with E-state index < -0.39 is 0 Å². The van der Waals surface area contributed by atoms with Gasteiger partial charge in [-0.05, 0) is 73.8 Å². The van der Waals surface area contributed by atoms with Crippen molar-refractivity contribution >= 4 is 0 Å². The molecule has 0 spiro atoms. The van der Waals surface area contributed by atoms with Gasteiger partial charge in [0.25, 0.3) is 0 Å². The standard InChI is InChI=1S/C16H24/c1-10-7-6-8-15(10)16-9-11(2)12(3)13(4)14(16)5/h9-10,15H,6-8H2,1-5H3/t10-,15?/m1/s1. The van der Waals surface area contributed by atoms with E-state index in [1.54, 1.807) is 11.1 Å². The lowest BCUT2D eigenvalue weighted by molar-refractivity contribution is 0.530. The van der Waals surface area contributed by atoms with E-state index in [1.165, 1.54) is 36.0 Å². The van der Waals surface area contributed by atoms with E-state index in [0.717, 1.165) is 11.8 Å². The summed E-state index contributed by atoms with van der Waals surface area (Å²) >= 11 is 0. The zero-order valence-corrected chi connectivity index (χ0v) is 11.4. The summed E-state index contributed by atoms with van der Waals surface area (Å²) in [4.78, 5) is 0. The quantitative estimate of drug-likeness (QED) is 0.631. The maximum atomic E-state index is 2.45. The van der Waals surface area contributed by atoms with Crippen LogP contribution in [0, 0.1) is 33.6 Å². The third kappa shape index (κ3) is 1.79. The molecule has 0 saturated heterocycles. The van der Waals surface area contributed by atoms with Crippen molar-refractivity contribution in [3.8, 4) is 0 Å². The van der Waals surface area contributed by atoms with Gasteiger partial charge in [0, 0.05) is 0 Å². The molecule has 88 valence electrons. The molecule has 0 nitrogen and oxygen atoms in total. The molecule has 0 heterocycles. The van der Waals surface area contributed by atoms with E-state index in [4.69, 9.17) is 0 Å². The van der Waals surface area contributed by atoms with Crippen molar-refractivity contribution in [2.45, 2.75) is 59.8 Å². The van der Waals surface area contributed by atoms with Crippen molar-refractivity contribution in [2.24, 2.45) is 5.92 Å². The van der Waals surface area contributed by atoms with E-state index in [2.05, 4.69) is 40.7 Å². The van der Waals surface area contributed by atoms with E-state index >= 15 is 0 Å². The first-order valence-corrected chi connectivity index (χ1v) is 6.59. The lowest BCUT2D eigenvalue weighted by atomic mass is 9.83. The molecule has 0 amide bonds. The van der Waals surface area contributed by atoms with Gasteiger partial charge in [0.05, 0.1) is 0 Å². The summed E-state index contributed by atoms with van der Waals surface area (Å²) in [6.45, 7) is 11.5. The lowest BCUT2D eigenvalue weighted by Gasteiger charge is -2.22. The molecule has 2 atom stereocenters. The van der Waals surface area contributed by atoms with Gasteiger partial charge in [0.1, 0.15) is 0 Å². The molecule has 0 aromatic heterocycles. The number of aryl methyl sites for hydroxylation is 1. The van der Waals surface area contributed by atoms with E-state index in [9.17, 15) is 0 Å². The van der Waals surface area contributed by atoms with Gasteiger partial charge < -0.3 is 0 Å². The Hall–Kier alpha value is -0.780. The predicted octanol–water partition coefficient (Wildman–Crippen LogP) is 4.82. The molecule has 1 saturated carbocycles. The smallest absolute Gasteiger partial charge is 0.0133 e. The molecular weight excluding hydrogens is 192 g/mol. The van der Waals surface area contributed by atoms with Crippen LogP contribution in [0.25, 0.3) is 0 Å². The summed E-state index contributed by atoms with van der Waals surface area (Å²) in [5.74, 6) is 1.69. The van der Waals surface area contributed by atoms with Gasteiger partial charge in [0.15, 0.2) is 0 Å². The predicted molar refractivity (Wildman–Crippen MR) is 71.1 cm³/mol. The van der Waals surface area contributed by atoms with Crippen LogP contribution in [0.5, 0.6) is 0 Å². The van der Waals surface area contributed by atoms with Crippen LogP contribution in [0.3, 0.4) is 0 Å². The summed E-state index contributed by atoms with van der Waals surface area (Å²) in [5, 5.41) is 0. The largest absolute Gasteiger partial charge is 0.0619 e. The highest BCUT2D eigenvalue weighted by atomic mass is 14.3. The molecule has 0 radical (unpaired) electrons. The Kier molecular flexibility index (Phi) is 3.10. The Balaban J connectivity index is 2.49. The summed E-state index contributed by atoms with van der Waals surface area (Å²) < 4.78 is 0. The highest BCUT2D eigenvalue weighted by Crippen LogP contribution is 2.41. The second-order valence-electron chi connectivity index (χ2n) is 5.67. The molecule has 0 bridgehead atoms. The van der Waals surface area contributed by atoms with E-state index in [-0.39, 0.29) is 0 Å². The maximum absolute atomic E-state index is 2.45. The highest BCUT2D eigenvalue weighted by molar-refractivity contribution is 5.45. The van der Waals surface area contributed by atoms with Gasteiger partial charge in [-0.3, -0.25) is 0 Å². The van der Waals surface area contributed by atoms with Gasteiger partial charge in [-0.15, -0.1) is 0 Å². The van der Waals surface area contributed by atoms with Gasteiger partial charge in [-0.25, -0.2) is 0 Å². The van der Waals surface area contributed by atoms with Crippen LogP contribution in [-0.4, -0.2) is 0 Å². The number of hydrogen-bond donors (Lipinski definition) is 0. The normalized spacial score (nSPS) is 25.1. The zero-order valence-electron chi connectivity index (χ0n) is 11.4. The van der Waals surface area contributed by atoms with E-state index in [1.807, 2.05) is 0 Å². The molecule has 1 unspecified atom stereocenters. The van der Waals surface area contributed by atoms with Gasteiger partial charge in [0.2, 0.25) is 0 Å². The Bertz CT molecular complexity index is 401. The highest BCUT2D eigenvalue weighted by Gasteiger charge is 2.26. The van der Waals surface area contributed by atoms with Crippen LogP contribution < -0.4 is 0 Å². The molecule has 1 aromatic carbocycles. The molecule has 1 aliphatic carbocycles. The van der Waals surface area contributed by atoms with Crippen molar-refractivity contribution in [1.29, 1.82) is 0 Å². The fourth-order valence-electron chi connectivity index (χ4n) is 3.24. The van der Waals surface area contributed by atoms with Crippen LogP contribution >= 0.6 is 0 Å². The number of rotatable bonds is 1. The van der Waals surface area contributed by atoms with Crippen LogP contribution in [0.15, 0.2) is 6.07 Å². The van der Waals surface area contributed by atoms with Crippen molar-refractivity contribution in [3.05, 3.63) is 33.9 Å². The van der Waals surface area contributed by atoms with Gasteiger partial charge in [-0.2, -0.15) is 0 Å².